The molecule has 0 aromatic heterocycles. The maximum Gasteiger partial charge on any atom is 0.322 e. The summed E-state index contributed by atoms with van der Waals surface area (Å²) in [5, 5.41) is 11.0. The number of carboxylic acids is 1. The summed E-state index contributed by atoms with van der Waals surface area (Å²) in [5.74, 6) is -1.44. The van der Waals surface area contributed by atoms with Crippen LogP contribution in [0.1, 0.15) is 15.9 Å². The first-order valence-corrected chi connectivity index (χ1v) is 4.84. The number of carbonyl (C=O) groups excluding carboxylic acids is 1. The predicted octanol–water partition coefficient (Wildman–Crippen LogP) is 0.137. The molecule has 1 rings (SSSR count). The van der Waals surface area contributed by atoms with E-state index in [0.717, 1.165) is 5.56 Å². The molecular formula is C11H14N2O3. The zero-order valence-electron chi connectivity index (χ0n) is 8.93. The van der Waals surface area contributed by atoms with Crippen molar-refractivity contribution in [1.82, 2.24) is 5.32 Å². The molecule has 0 spiro atoms. The van der Waals surface area contributed by atoms with Gasteiger partial charge in [-0.25, -0.2) is 0 Å². The van der Waals surface area contributed by atoms with Crippen LogP contribution in [0.2, 0.25) is 0 Å². The molecule has 1 aromatic rings. The van der Waals surface area contributed by atoms with Gasteiger partial charge in [0.1, 0.15) is 6.04 Å². The zero-order valence-corrected chi connectivity index (χ0v) is 8.93. The van der Waals surface area contributed by atoms with E-state index in [4.69, 9.17) is 10.8 Å². The van der Waals surface area contributed by atoms with Crippen LogP contribution in [0.25, 0.3) is 0 Å². The van der Waals surface area contributed by atoms with Gasteiger partial charge in [-0.2, -0.15) is 0 Å². The van der Waals surface area contributed by atoms with E-state index >= 15 is 0 Å². The van der Waals surface area contributed by atoms with Crippen LogP contribution in [-0.4, -0.2) is 29.6 Å². The van der Waals surface area contributed by atoms with Gasteiger partial charge in [-0.05, 0) is 18.6 Å². The quantitative estimate of drug-likeness (QED) is 0.675. The lowest BCUT2D eigenvalue weighted by Crippen LogP contribution is -2.42. The first kappa shape index (κ1) is 12.2. The van der Waals surface area contributed by atoms with Gasteiger partial charge in [0.15, 0.2) is 0 Å². The van der Waals surface area contributed by atoms with Crippen molar-refractivity contribution in [2.75, 3.05) is 6.54 Å². The van der Waals surface area contributed by atoms with Gasteiger partial charge in [0.05, 0.1) is 0 Å². The molecule has 0 aliphatic heterocycles. The van der Waals surface area contributed by atoms with Crippen molar-refractivity contribution < 1.29 is 14.7 Å². The van der Waals surface area contributed by atoms with E-state index in [1.54, 1.807) is 12.1 Å². The van der Waals surface area contributed by atoms with E-state index in [1.807, 2.05) is 19.1 Å². The van der Waals surface area contributed by atoms with Gasteiger partial charge in [-0.1, -0.05) is 18.2 Å². The normalized spacial score (nSPS) is 11.9. The summed E-state index contributed by atoms with van der Waals surface area (Å²) >= 11 is 0. The van der Waals surface area contributed by atoms with Crippen LogP contribution in [-0.2, 0) is 4.79 Å². The highest BCUT2D eigenvalue weighted by atomic mass is 16.4. The second-order valence-corrected chi connectivity index (χ2v) is 3.47. The van der Waals surface area contributed by atoms with Crippen LogP contribution < -0.4 is 11.1 Å². The first-order chi connectivity index (χ1) is 7.52. The largest absolute Gasteiger partial charge is 0.480 e. The predicted molar refractivity (Wildman–Crippen MR) is 59.1 cm³/mol. The Hall–Kier alpha value is -1.88. The van der Waals surface area contributed by atoms with Crippen molar-refractivity contribution >= 4 is 11.9 Å². The molecule has 5 nitrogen and oxygen atoms in total. The van der Waals surface area contributed by atoms with E-state index in [9.17, 15) is 9.59 Å². The Morgan fingerprint density at radius 1 is 1.44 bits per heavy atom. The maximum absolute atomic E-state index is 11.6. The fourth-order valence-electron chi connectivity index (χ4n) is 1.21. The summed E-state index contributed by atoms with van der Waals surface area (Å²) in [6.45, 7) is 1.73. The molecule has 5 heteroatoms. The van der Waals surface area contributed by atoms with Gasteiger partial charge in [-0.3, -0.25) is 9.59 Å². The third kappa shape index (κ3) is 3.06. The van der Waals surface area contributed by atoms with Crippen molar-refractivity contribution in [3.05, 3.63) is 35.4 Å². The van der Waals surface area contributed by atoms with E-state index in [2.05, 4.69) is 5.32 Å². The van der Waals surface area contributed by atoms with Gasteiger partial charge in [-0.15, -0.1) is 0 Å². The number of nitrogens with two attached hydrogens (primary N) is 1. The number of rotatable bonds is 4. The average Bonchev–Trinajstić information content (AvgIpc) is 2.25. The smallest absolute Gasteiger partial charge is 0.322 e. The molecule has 1 unspecified atom stereocenters. The Morgan fingerprint density at radius 2 is 2.06 bits per heavy atom. The molecule has 0 saturated carbocycles. The minimum absolute atomic E-state index is 0.0809. The summed E-state index contributed by atoms with van der Waals surface area (Å²) in [4.78, 5) is 22.1. The van der Waals surface area contributed by atoms with E-state index in [0.29, 0.717) is 5.56 Å². The number of hydrogen-bond donors (Lipinski definition) is 3. The number of carbonyl (C=O) groups is 2. The highest BCUT2D eigenvalue weighted by Gasteiger charge is 2.14. The summed E-state index contributed by atoms with van der Waals surface area (Å²) in [7, 11) is 0. The van der Waals surface area contributed by atoms with E-state index < -0.39 is 12.0 Å². The molecule has 1 aromatic carbocycles. The van der Waals surface area contributed by atoms with Crippen molar-refractivity contribution in [2.24, 2.45) is 5.73 Å². The molecule has 0 aliphatic rings. The number of aryl methyl sites for hydroxylation is 1. The van der Waals surface area contributed by atoms with Gasteiger partial charge >= 0.3 is 5.97 Å². The Morgan fingerprint density at radius 3 is 2.62 bits per heavy atom. The van der Waals surface area contributed by atoms with E-state index in [1.165, 1.54) is 0 Å². The lowest BCUT2D eigenvalue weighted by Gasteiger charge is -2.09. The second kappa shape index (κ2) is 5.27. The highest BCUT2D eigenvalue weighted by molar-refractivity contribution is 5.95. The molecule has 0 fully saturated rings. The molecular weight excluding hydrogens is 208 g/mol. The fraction of sp³-hybridized carbons (Fsp3) is 0.273. The average molecular weight is 222 g/mol. The van der Waals surface area contributed by atoms with Gasteiger partial charge < -0.3 is 16.2 Å². The third-order valence-electron chi connectivity index (χ3n) is 2.19. The SMILES string of the molecule is Cc1ccccc1C(=O)NCC(N)C(=O)O. The monoisotopic (exact) mass is 222 g/mol. The lowest BCUT2D eigenvalue weighted by atomic mass is 10.1. The lowest BCUT2D eigenvalue weighted by molar-refractivity contribution is -0.138. The van der Waals surface area contributed by atoms with Gasteiger partial charge in [0.2, 0.25) is 0 Å². The number of hydrogen-bond acceptors (Lipinski definition) is 3. The third-order valence-corrected chi connectivity index (χ3v) is 2.19. The van der Waals surface area contributed by atoms with Crippen LogP contribution in [0.3, 0.4) is 0 Å². The van der Waals surface area contributed by atoms with Gasteiger partial charge in [0.25, 0.3) is 5.91 Å². The van der Waals surface area contributed by atoms with Crippen molar-refractivity contribution in [3.63, 3.8) is 0 Å². The van der Waals surface area contributed by atoms with Crippen LogP contribution in [0.4, 0.5) is 0 Å². The summed E-state index contributed by atoms with van der Waals surface area (Å²) < 4.78 is 0. The Bertz CT molecular complexity index is 404. The van der Waals surface area contributed by atoms with Crippen LogP contribution in [0.15, 0.2) is 24.3 Å². The Balaban J connectivity index is 2.60. The number of nitrogens with one attached hydrogen (secondary N) is 1. The molecule has 0 bridgehead atoms. The number of amides is 1. The van der Waals surface area contributed by atoms with Crippen LogP contribution in [0.5, 0.6) is 0 Å². The van der Waals surface area contributed by atoms with E-state index in [-0.39, 0.29) is 12.5 Å². The topological polar surface area (TPSA) is 92.4 Å². The fourth-order valence-corrected chi connectivity index (χ4v) is 1.21. The highest BCUT2D eigenvalue weighted by Crippen LogP contribution is 2.06. The minimum Gasteiger partial charge on any atom is -0.480 e. The molecule has 4 N–H and O–H groups in total. The molecule has 0 saturated heterocycles. The van der Waals surface area contributed by atoms with Crippen LogP contribution in [0, 0.1) is 6.92 Å². The standard InChI is InChI=1S/C11H14N2O3/c1-7-4-2-3-5-8(7)10(14)13-6-9(12)11(15)16/h2-5,9H,6,12H2,1H3,(H,13,14)(H,15,16). The number of benzene rings is 1. The Labute approximate surface area is 93.3 Å². The molecule has 86 valence electrons. The number of aliphatic carboxylic acids is 1. The van der Waals surface area contributed by atoms with Crippen LogP contribution >= 0.6 is 0 Å². The van der Waals surface area contributed by atoms with Gasteiger partial charge in [0, 0.05) is 12.1 Å². The first-order valence-electron chi connectivity index (χ1n) is 4.84. The second-order valence-electron chi connectivity index (χ2n) is 3.47. The zero-order chi connectivity index (χ0) is 12.1. The maximum atomic E-state index is 11.6. The molecule has 0 radical (unpaired) electrons. The minimum atomic E-state index is -1.13. The molecule has 0 heterocycles. The molecule has 0 aliphatic carbocycles. The molecule has 1 atom stereocenters. The number of carboxylic acid groups (broad SMARTS) is 1. The molecule has 1 amide bonds. The summed E-state index contributed by atoms with van der Waals surface area (Å²) in [6, 6.07) is 5.99. The van der Waals surface area contributed by atoms with Crippen molar-refractivity contribution in [3.8, 4) is 0 Å². The summed E-state index contributed by atoms with van der Waals surface area (Å²) in [5.41, 5.74) is 6.63. The van der Waals surface area contributed by atoms with Crippen molar-refractivity contribution in [2.45, 2.75) is 13.0 Å². The summed E-state index contributed by atoms with van der Waals surface area (Å²) in [6.07, 6.45) is 0. The Kier molecular flexibility index (Phi) is 4.02. The van der Waals surface area contributed by atoms with Crippen molar-refractivity contribution in [1.29, 1.82) is 0 Å². The molecule has 16 heavy (non-hydrogen) atoms.